The Morgan fingerprint density at radius 2 is 1.98 bits per heavy atom. The predicted molar refractivity (Wildman–Crippen MR) is 161 cm³/mol. The van der Waals surface area contributed by atoms with Gasteiger partial charge in [0.2, 0.25) is 0 Å². The molecule has 1 aliphatic heterocycles. The number of likely N-dealkylation sites (N-methyl/N-ethyl adjacent to an activating group) is 1. The molecule has 9 nitrogen and oxygen atoms in total. The molecule has 0 spiro atoms. The molecule has 0 aliphatic carbocycles. The lowest BCUT2D eigenvalue weighted by Gasteiger charge is -2.36. The van der Waals surface area contributed by atoms with E-state index in [1.807, 2.05) is 36.5 Å². The normalized spacial score (nSPS) is 20.5. The standard InChI is InChI=1S/C31H35N5O4S/c1-20-16-36(17-22-8-7-13-32-15-22)21(2)19-40-26-14-23(11-12-24(26)31(38)35(3)18-27(20)39-4)33-29(37)30-34-25-9-5-6-10-28(25)41-30/h5-15,20-21,27H,16-19H2,1-4H3,(H,33,37)/t20-,21-,27-/m0/s1. The van der Waals surface area contributed by atoms with Crippen LogP contribution in [0.4, 0.5) is 5.69 Å². The summed E-state index contributed by atoms with van der Waals surface area (Å²) in [7, 11) is 3.47. The van der Waals surface area contributed by atoms with Crippen LogP contribution in [0.2, 0.25) is 0 Å². The zero-order valence-electron chi connectivity index (χ0n) is 23.7. The number of pyridine rings is 1. The summed E-state index contributed by atoms with van der Waals surface area (Å²) < 4.78 is 13.1. The summed E-state index contributed by atoms with van der Waals surface area (Å²) in [5, 5.41) is 3.29. The topological polar surface area (TPSA) is 96.9 Å². The summed E-state index contributed by atoms with van der Waals surface area (Å²) in [6, 6.07) is 16.8. The summed E-state index contributed by atoms with van der Waals surface area (Å²) in [6.07, 6.45) is 3.50. The van der Waals surface area contributed by atoms with Gasteiger partial charge in [-0.05, 0) is 48.7 Å². The van der Waals surface area contributed by atoms with Gasteiger partial charge >= 0.3 is 0 Å². The number of rotatable bonds is 5. The Labute approximate surface area is 244 Å². The number of benzene rings is 2. The van der Waals surface area contributed by atoms with Crippen molar-refractivity contribution in [3.8, 4) is 5.75 Å². The molecule has 0 unspecified atom stereocenters. The van der Waals surface area contributed by atoms with Gasteiger partial charge < -0.3 is 19.7 Å². The number of methoxy groups -OCH3 is 1. The molecule has 0 bridgehead atoms. The minimum Gasteiger partial charge on any atom is -0.491 e. The molecule has 214 valence electrons. The molecule has 41 heavy (non-hydrogen) atoms. The number of nitrogens with zero attached hydrogens (tertiary/aromatic N) is 4. The van der Waals surface area contributed by atoms with Crippen molar-refractivity contribution >= 4 is 39.1 Å². The lowest BCUT2D eigenvalue weighted by atomic mass is 10.0. The Morgan fingerprint density at radius 1 is 1.15 bits per heavy atom. The van der Waals surface area contributed by atoms with Crippen LogP contribution in [0, 0.1) is 5.92 Å². The molecular formula is C31H35N5O4S. The first-order valence-corrected chi connectivity index (χ1v) is 14.5. The van der Waals surface area contributed by atoms with E-state index in [0.717, 1.165) is 22.3 Å². The van der Waals surface area contributed by atoms with E-state index in [4.69, 9.17) is 9.47 Å². The zero-order chi connectivity index (χ0) is 28.9. The maximum absolute atomic E-state index is 13.5. The van der Waals surface area contributed by atoms with Crippen LogP contribution in [0.1, 0.15) is 39.6 Å². The molecule has 0 radical (unpaired) electrons. The number of ether oxygens (including phenoxy) is 2. The van der Waals surface area contributed by atoms with Gasteiger partial charge in [0.1, 0.15) is 12.4 Å². The molecule has 3 atom stereocenters. The number of carbonyl (C=O) groups is 2. The van der Waals surface area contributed by atoms with Gasteiger partial charge in [0.25, 0.3) is 11.8 Å². The van der Waals surface area contributed by atoms with Crippen LogP contribution < -0.4 is 10.1 Å². The van der Waals surface area contributed by atoms with E-state index in [2.05, 4.69) is 40.1 Å². The van der Waals surface area contributed by atoms with Crippen LogP contribution in [0.25, 0.3) is 10.2 Å². The SMILES string of the molecule is CO[C@H]1CN(C)C(=O)c2ccc(NC(=O)c3nc4ccccc4s3)cc2OC[C@H](C)N(Cc2cccnc2)C[C@@H]1C. The number of aromatic nitrogens is 2. The van der Waals surface area contributed by atoms with Crippen molar-refractivity contribution in [2.24, 2.45) is 5.92 Å². The second-order valence-corrected chi connectivity index (χ2v) is 11.6. The number of hydrogen-bond acceptors (Lipinski definition) is 8. The smallest absolute Gasteiger partial charge is 0.284 e. The molecule has 0 fully saturated rings. The fraction of sp³-hybridized carbons (Fsp3) is 0.355. The highest BCUT2D eigenvalue weighted by atomic mass is 32.1. The lowest BCUT2D eigenvalue weighted by Crippen LogP contribution is -2.46. The fourth-order valence-corrected chi connectivity index (χ4v) is 5.89. The number of thiazole rings is 1. The molecule has 2 amide bonds. The number of hydrogen-bond donors (Lipinski definition) is 1. The maximum Gasteiger partial charge on any atom is 0.284 e. The largest absolute Gasteiger partial charge is 0.491 e. The Bertz CT molecular complexity index is 1480. The van der Waals surface area contributed by atoms with E-state index in [9.17, 15) is 9.59 Å². The van der Waals surface area contributed by atoms with E-state index in [1.54, 1.807) is 43.5 Å². The molecule has 1 N–H and O–H groups in total. The number of para-hydroxylation sites is 1. The van der Waals surface area contributed by atoms with Crippen molar-refractivity contribution in [2.45, 2.75) is 32.5 Å². The first-order valence-electron chi connectivity index (χ1n) is 13.7. The Kier molecular flexibility index (Phi) is 8.92. The summed E-state index contributed by atoms with van der Waals surface area (Å²) in [6.45, 7) is 6.51. The maximum atomic E-state index is 13.5. The average molecular weight is 574 g/mol. The third kappa shape index (κ3) is 6.73. The van der Waals surface area contributed by atoms with Gasteiger partial charge in [-0.1, -0.05) is 25.1 Å². The van der Waals surface area contributed by atoms with Gasteiger partial charge in [-0.15, -0.1) is 11.3 Å². The summed E-state index contributed by atoms with van der Waals surface area (Å²) >= 11 is 1.34. The molecule has 0 saturated carbocycles. The zero-order valence-corrected chi connectivity index (χ0v) is 24.6. The van der Waals surface area contributed by atoms with Gasteiger partial charge in [-0.3, -0.25) is 19.5 Å². The first-order chi connectivity index (χ1) is 19.8. The highest BCUT2D eigenvalue weighted by Gasteiger charge is 2.28. The molecule has 2 aromatic heterocycles. The summed E-state index contributed by atoms with van der Waals surface area (Å²) in [5.41, 5.74) is 2.85. The Morgan fingerprint density at radius 3 is 2.73 bits per heavy atom. The number of carbonyl (C=O) groups excluding carboxylic acids is 2. The molecule has 5 rings (SSSR count). The van der Waals surface area contributed by atoms with E-state index >= 15 is 0 Å². The van der Waals surface area contributed by atoms with Crippen LogP contribution in [0.3, 0.4) is 0 Å². The van der Waals surface area contributed by atoms with Gasteiger partial charge in [0, 0.05) is 64.0 Å². The molecule has 2 aromatic carbocycles. The number of anilines is 1. The van der Waals surface area contributed by atoms with Crippen molar-refractivity contribution in [3.63, 3.8) is 0 Å². The lowest BCUT2D eigenvalue weighted by molar-refractivity contribution is 0.00920. The number of fused-ring (bicyclic) bond motifs is 2. The Balaban J connectivity index is 1.42. The van der Waals surface area contributed by atoms with E-state index < -0.39 is 0 Å². The monoisotopic (exact) mass is 573 g/mol. The number of nitrogens with one attached hydrogen (secondary N) is 1. The van der Waals surface area contributed by atoms with Crippen LogP contribution in [-0.2, 0) is 11.3 Å². The fourth-order valence-electron chi connectivity index (χ4n) is 5.03. The second-order valence-electron chi connectivity index (χ2n) is 10.5. The van der Waals surface area contributed by atoms with Crippen molar-refractivity contribution in [1.29, 1.82) is 0 Å². The summed E-state index contributed by atoms with van der Waals surface area (Å²) in [4.78, 5) is 39.3. The van der Waals surface area contributed by atoms with Gasteiger partial charge in [0.05, 0.1) is 21.9 Å². The van der Waals surface area contributed by atoms with Crippen LogP contribution in [0.5, 0.6) is 5.75 Å². The quantitative estimate of drug-likeness (QED) is 0.361. The number of amides is 2. The Hall–Kier alpha value is -3.86. The molecule has 3 heterocycles. The van der Waals surface area contributed by atoms with Gasteiger partial charge in [-0.25, -0.2) is 4.98 Å². The van der Waals surface area contributed by atoms with E-state index in [-0.39, 0.29) is 29.9 Å². The van der Waals surface area contributed by atoms with Crippen LogP contribution in [0.15, 0.2) is 67.0 Å². The molecular weight excluding hydrogens is 538 g/mol. The third-order valence-electron chi connectivity index (χ3n) is 7.43. The van der Waals surface area contributed by atoms with Crippen LogP contribution in [-0.4, -0.2) is 77.6 Å². The third-order valence-corrected chi connectivity index (χ3v) is 8.47. The second kappa shape index (κ2) is 12.8. The minimum absolute atomic E-state index is 0.0243. The highest BCUT2D eigenvalue weighted by Crippen LogP contribution is 2.28. The first kappa shape index (κ1) is 28.7. The van der Waals surface area contributed by atoms with Gasteiger partial charge in [-0.2, -0.15) is 0 Å². The van der Waals surface area contributed by atoms with Crippen molar-refractivity contribution in [2.75, 3.05) is 39.2 Å². The van der Waals surface area contributed by atoms with Crippen molar-refractivity contribution < 1.29 is 19.1 Å². The summed E-state index contributed by atoms with van der Waals surface area (Å²) in [5.74, 6) is 0.0995. The molecule has 0 saturated heterocycles. The van der Waals surface area contributed by atoms with Gasteiger partial charge in [0.15, 0.2) is 5.01 Å². The van der Waals surface area contributed by atoms with Crippen molar-refractivity contribution in [1.82, 2.24) is 19.8 Å². The van der Waals surface area contributed by atoms with Crippen LogP contribution >= 0.6 is 11.3 Å². The molecule has 1 aliphatic rings. The molecule has 4 aromatic rings. The van der Waals surface area contributed by atoms with E-state index in [0.29, 0.717) is 41.7 Å². The predicted octanol–water partition coefficient (Wildman–Crippen LogP) is 4.95. The molecule has 10 heteroatoms. The minimum atomic E-state index is -0.310. The average Bonchev–Trinajstić information content (AvgIpc) is 3.43. The van der Waals surface area contributed by atoms with Crippen molar-refractivity contribution in [3.05, 3.63) is 83.1 Å². The highest BCUT2D eigenvalue weighted by molar-refractivity contribution is 7.20. The van der Waals surface area contributed by atoms with E-state index in [1.165, 1.54) is 11.3 Å².